The van der Waals surface area contributed by atoms with Gasteiger partial charge >= 0.3 is 5.97 Å². The van der Waals surface area contributed by atoms with Gasteiger partial charge in [-0.1, -0.05) is 18.2 Å². The SMILES string of the molecule is COC(OC)[C@@]1(C)Oc2ccc([N+](=O)[O-])cc2[C@@H]2[C@@H]1OC(=O)[C@@H]1Cc3ccccc3N21. The lowest BCUT2D eigenvalue weighted by molar-refractivity contribution is -0.385. The quantitative estimate of drug-likeness (QED) is 0.318. The van der Waals surface area contributed by atoms with E-state index in [9.17, 15) is 14.9 Å². The number of morpholine rings is 1. The summed E-state index contributed by atoms with van der Waals surface area (Å²) >= 11 is 0. The molecule has 0 N–H and O–H groups in total. The molecule has 0 saturated carbocycles. The third-order valence-electron chi connectivity index (χ3n) is 6.43. The number of hydrogen-bond donors (Lipinski definition) is 0. The molecule has 1 saturated heterocycles. The summed E-state index contributed by atoms with van der Waals surface area (Å²) in [7, 11) is 2.98. The molecular weight excluding hydrogens is 404 g/mol. The number of ether oxygens (including phenoxy) is 4. The second-order valence-corrected chi connectivity index (χ2v) is 8.13. The zero-order valence-electron chi connectivity index (χ0n) is 17.3. The molecule has 0 aromatic heterocycles. The Hall–Kier alpha value is -3.17. The first-order chi connectivity index (χ1) is 14.9. The fourth-order valence-corrected chi connectivity index (χ4v) is 5.12. The lowest BCUT2D eigenvalue weighted by Crippen LogP contribution is -2.67. The van der Waals surface area contributed by atoms with Crippen molar-refractivity contribution in [2.24, 2.45) is 0 Å². The second-order valence-electron chi connectivity index (χ2n) is 8.13. The Morgan fingerprint density at radius 2 is 1.97 bits per heavy atom. The van der Waals surface area contributed by atoms with Gasteiger partial charge in [0.1, 0.15) is 17.8 Å². The number of esters is 1. The van der Waals surface area contributed by atoms with Gasteiger partial charge in [0.25, 0.3) is 5.69 Å². The molecule has 3 heterocycles. The number of fused-ring (bicyclic) bond motifs is 7. The van der Waals surface area contributed by atoms with Gasteiger partial charge in [0.15, 0.2) is 11.7 Å². The molecule has 9 heteroatoms. The van der Waals surface area contributed by atoms with E-state index in [0.29, 0.717) is 17.7 Å². The Bertz CT molecular complexity index is 1070. The molecule has 5 rings (SSSR count). The summed E-state index contributed by atoms with van der Waals surface area (Å²) in [6, 6.07) is 11.2. The summed E-state index contributed by atoms with van der Waals surface area (Å²) in [5.41, 5.74) is 1.29. The fraction of sp³-hybridized carbons (Fsp3) is 0.409. The number of anilines is 1. The third-order valence-corrected chi connectivity index (χ3v) is 6.43. The molecule has 3 aliphatic rings. The highest BCUT2D eigenvalue weighted by Crippen LogP contribution is 2.53. The Balaban J connectivity index is 1.74. The molecule has 0 unspecified atom stereocenters. The van der Waals surface area contributed by atoms with E-state index in [-0.39, 0.29) is 11.7 Å². The molecule has 162 valence electrons. The lowest BCUT2D eigenvalue weighted by atomic mass is 9.81. The minimum absolute atomic E-state index is 0.0549. The largest absolute Gasteiger partial charge is 0.478 e. The van der Waals surface area contributed by atoms with E-state index in [0.717, 1.165) is 11.3 Å². The first kappa shape index (κ1) is 19.8. The first-order valence-corrected chi connectivity index (χ1v) is 9.98. The van der Waals surface area contributed by atoms with Gasteiger partial charge in [-0.15, -0.1) is 0 Å². The van der Waals surface area contributed by atoms with E-state index in [2.05, 4.69) is 0 Å². The van der Waals surface area contributed by atoms with Crippen molar-refractivity contribution in [3.8, 4) is 5.75 Å². The maximum Gasteiger partial charge on any atom is 0.329 e. The van der Waals surface area contributed by atoms with Gasteiger partial charge in [-0.05, 0) is 24.6 Å². The number of rotatable bonds is 4. The standard InChI is InChI=1S/C22H22N2O7/c1-22(21(28-2)29-3)19-18(14-11-13(24(26)27)8-9-17(14)31-22)23-15-7-5-4-6-12(15)10-16(23)20(25)30-19/h4-9,11,16,18-19,21H,10H2,1-3H3/t16-,18+,19-,22-/m0/s1. The summed E-state index contributed by atoms with van der Waals surface area (Å²) in [5.74, 6) is 0.0987. The van der Waals surface area contributed by atoms with E-state index in [4.69, 9.17) is 18.9 Å². The molecule has 9 nitrogen and oxygen atoms in total. The molecule has 0 aliphatic carbocycles. The Morgan fingerprint density at radius 1 is 1.23 bits per heavy atom. The maximum atomic E-state index is 13.1. The van der Waals surface area contributed by atoms with Gasteiger partial charge in [-0.3, -0.25) is 10.1 Å². The minimum Gasteiger partial charge on any atom is -0.478 e. The number of carbonyl (C=O) groups is 1. The summed E-state index contributed by atoms with van der Waals surface area (Å²) < 4.78 is 23.3. The number of nitro benzene ring substituents is 1. The van der Waals surface area contributed by atoms with Crippen LogP contribution in [0.4, 0.5) is 11.4 Å². The third kappa shape index (κ3) is 2.73. The summed E-state index contributed by atoms with van der Waals surface area (Å²) in [5, 5.41) is 11.5. The molecule has 2 aromatic carbocycles. The molecule has 0 bridgehead atoms. The highest BCUT2D eigenvalue weighted by Gasteiger charge is 2.61. The number of benzene rings is 2. The van der Waals surface area contributed by atoms with Crippen molar-refractivity contribution in [1.29, 1.82) is 0 Å². The predicted molar refractivity (Wildman–Crippen MR) is 109 cm³/mol. The molecule has 2 aromatic rings. The summed E-state index contributed by atoms with van der Waals surface area (Å²) in [4.78, 5) is 26.1. The van der Waals surface area contributed by atoms with E-state index < -0.39 is 35.0 Å². The zero-order chi connectivity index (χ0) is 21.9. The topological polar surface area (TPSA) is 100 Å². The molecular formula is C22H22N2O7. The van der Waals surface area contributed by atoms with E-state index in [1.165, 1.54) is 26.4 Å². The monoisotopic (exact) mass is 426 g/mol. The zero-order valence-corrected chi connectivity index (χ0v) is 17.3. The fourth-order valence-electron chi connectivity index (χ4n) is 5.12. The van der Waals surface area contributed by atoms with Crippen molar-refractivity contribution in [3.05, 3.63) is 63.7 Å². The van der Waals surface area contributed by atoms with Crippen LogP contribution in [0.2, 0.25) is 0 Å². The van der Waals surface area contributed by atoms with Gasteiger partial charge in [-0.25, -0.2) is 4.79 Å². The van der Waals surface area contributed by atoms with Crippen molar-refractivity contribution in [2.75, 3.05) is 19.1 Å². The number of carbonyl (C=O) groups excluding carboxylic acids is 1. The van der Waals surface area contributed by atoms with Gasteiger partial charge < -0.3 is 23.8 Å². The average molecular weight is 426 g/mol. The molecule has 3 aliphatic heterocycles. The lowest BCUT2D eigenvalue weighted by Gasteiger charge is -2.53. The Kier molecular flexibility index (Phi) is 4.42. The van der Waals surface area contributed by atoms with Crippen LogP contribution in [0.25, 0.3) is 0 Å². The van der Waals surface area contributed by atoms with Gasteiger partial charge in [-0.2, -0.15) is 0 Å². The van der Waals surface area contributed by atoms with Crippen LogP contribution in [-0.2, 0) is 25.4 Å². The summed E-state index contributed by atoms with van der Waals surface area (Å²) in [6.45, 7) is 1.77. The number of non-ortho nitro benzene ring substituents is 1. The molecule has 0 spiro atoms. The van der Waals surface area contributed by atoms with E-state index in [1.54, 1.807) is 13.0 Å². The maximum absolute atomic E-state index is 13.1. The van der Waals surface area contributed by atoms with Crippen LogP contribution in [-0.4, -0.2) is 49.1 Å². The van der Waals surface area contributed by atoms with Gasteiger partial charge in [0.2, 0.25) is 6.29 Å². The van der Waals surface area contributed by atoms with Crippen LogP contribution in [0.3, 0.4) is 0 Å². The van der Waals surface area contributed by atoms with Crippen LogP contribution in [0.15, 0.2) is 42.5 Å². The van der Waals surface area contributed by atoms with E-state index >= 15 is 0 Å². The van der Waals surface area contributed by atoms with Crippen molar-refractivity contribution in [2.45, 2.75) is 43.4 Å². The smallest absolute Gasteiger partial charge is 0.329 e. The minimum atomic E-state index is -1.19. The highest BCUT2D eigenvalue weighted by atomic mass is 16.7. The predicted octanol–water partition coefficient (Wildman–Crippen LogP) is 2.76. The van der Waals surface area contributed by atoms with Gasteiger partial charge in [0, 0.05) is 44.0 Å². The van der Waals surface area contributed by atoms with Crippen molar-refractivity contribution < 1.29 is 28.7 Å². The normalized spacial score (nSPS) is 28.2. The van der Waals surface area contributed by atoms with Crippen LogP contribution in [0, 0.1) is 10.1 Å². The number of para-hydroxylation sites is 1. The molecule has 4 atom stereocenters. The van der Waals surface area contributed by atoms with Gasteiger partial charge in [0.05, 0.1) is 4.92 Å². The number of nitrogens with zero attached hydrogens (tertiary/aromatic N) is 2. The second kappa shape index (κ2) is 6.93. The molecule has 1 fully saturated rings. The van der Waals surface area contributed by atoms with Crippen LogP contribution < -0.4 is 9.64 Å². The number of nitro groups is 1. The Labute approximate surface area is 178 Å². The number of methoxy groups -OCH3 is 2. The van der Waals surface area contributed by atoms with Crippen LogP contribution in [0.5, 0.6) is 5.75 Å². The first-order valence-electron chi connectivity index (χ1n) is 9.98. The van der Waals surface area contributed by atoms with Crippen molar-refractivity contribution in [1.82, 2.24) is 0 Å². The molecule has 0 amide bonds. The highest BCUT2D eigenvalue weighted by molar-refractivity contribution is 5.86. The molecule has 0 radical (unpaired) electrons. The number of hydrogen-bond acceptors (Lipinski definition) is 8. The molecule has 31 heavy (non-hydrogen) atoms. The van der Waals surface area contributed by atoms with Crippen molar-refractivity contribution in [3.63, 3.8) is 0 Å². The van der Waals surface area contributed by atoms with Crippen LogP contribution in [0.1, 0.15) is 24.1 Å². The van der Waals surface area contributed by atoms with Crippen molar-refractivity contribution >= 4 is 17.3 Å². The Morgan fingerprint density at radius 3 is 2.68 bits per heavy atom. The summed E-state index contributed by atoms with van der Waals surface area (Å²) in [6.07, 6.45) is -1.15. The van der Waals surface area contributed by atoms with Crippen LogP contribution >= 0.6 is 0 Å². The average Bonchev–Trinajstić information content (AvgIpc) is 3.15. The van der Waals surface area contributed by atoms with E-state index in [1.807, 2.05) is 29.2 Å².